The Labute approximate surface area is 130 Å². The number of aromatic nitrogens is 1. The Morgan fingerprint density at radius 1 is 1.10 bits per heavy atom. The van der Waals surface area contributed by atoms with Gasteiger partial charge in [-0.05, 0) is 24.3 Å². The van der Waals surface area contributed by atoms with Crippen molar-refractivity contribution in [3.8, 4) is 11.3 Å². The zero-order valence-corrected chi connectivity index (χ0v) is 12.6. The molecule has 0 aliphatic rings. The Morgan fingerprint density at radius 3 is 2.67 bits per heavy atom. The summed E-state index contributed by atoms with van der Waals surface area (Å²) in [6.45, 7) is 0. The number of rotatable bonds is 2. The van der Waals surface area contributed by atoms with Crippen LogP contribution in [-0.4, -0.2) is 10.9 Å². The van der Waals surface area contributed by atoms with Crippen LogP contribution in [0.5, 0.6) is 0 Å². The van der Waals surface area contributed by atoms with E-state index in [1.807, 2.05) is 48.5 Å². The highest BCUT2D eigenvalue weighted by molar-refractivity contribution is 9.10. The first-order valence-electron chi connectivity index (χ1n) is 6.36. The quantitative estimate of drug-likeness (QED) is 0.427. The highest BCUT2D eigenvalue weighted by atomic mass is 79.9. The lowest BCUT2D eigenvalue weighted by atomic mass is 10.0. The van der Waals surface area contributed by atoms with E-state index in [9.17, 15) is 4.79 Å². The second kappa shape index (κ2) is 5.63. The number of benzene rings is 2. The Bertz CT molecular complexity index is 833. The maximum Gasteiger partial charge on any atom is 0.265 e. The summed E-state index contributed by atoms with van der Waals surface area (Å²) in [6.07, 6.45) is 0. The van der Waals surface area contributed by atoms with Crippen molar-refractivity contribution >= 4 is 32.7 Å². The SMILES string of the molecule is NNC(=O)c1cc(-c2cccc(Br)c2)nc2ccccc12. The molecule has 0 spiro atoms. The maximum atomic E-state index is 12.0. The van der Waals surface area contributed by atoms with Crippen LogP contribution < -0.4 is 11.3 Å². The van der Waals surface area contributed by atoms with Gasteiger partial charge in [-0.1, -0.05) is 46.3 Å². The molecule has 21 heavy (non-hydrogen) atoms. The van der Waals surface area contributed by atoms with Crippen molar-refractivity contribution in [3.63, 3.8) is 0 Å². The molecule has 0 bridgehead atoms. The minimum Gasteiger partial charge on any atom is -0.290 e. The van der Waals surface area contributed by atoms with Crippen LogP contribution in [0, 0.1) is 0 Å². The highest BCUT2D eigenvalue weighted by Gasteiger charge is 2.12. The Morgan fingerprint density at radius 2 is 1.90 bits per heavy atom. The van der Waals surface area contributed by atoms with Gasteiger partial charge < -0.3 is 0 Å². The first kappa shape index (κ1) is 13.7. The number of carbonyl (C=O) groups is 1. The van der Waals surface area contributed by atoms with Crippen LogP contribution in [0.3, 0.4) is 0 Å². The normalized spacial score (nSPS) is 10.6. The zero-order valence-electron chi connectivity index (χ0n) is 11.0. The lowest BCUT2D eigenvalue weighted by Crippen LogP contribution is -2.30. The molecule has 1 amide bonds. The molecule has 4 nitrogen and oxygen atoms in total. The van der Waals surface area contributed by atoms with Crippen molar-refractivity contribution in [1.29, 1.82) is 0 Å². The number of hydrogen-bond acceptors (Lipinski definition) is 3. The molecule has 0 fully saturated rings. The van der Waals surface area contributed by atoms with Gasteiger partial charge in [-0.15, -0.1) is 0 Å². The van der Waals surface area contributed by atoms with Crippen LogP contribution in [0.2, 0.25) is 0 Å². The minimum atomic E-state index is -0.329. The number of para-hydroxylation sites is 1. The van der Waals surface area contributed by atoms with Gasteiger partial charge >= 0.3 is 0 Å². The molecule has 0 saturated heterocycles. The molecule has 0 atom stereocenters. The van der Waals surface area contributed by atoms with E-state index in [1.165, 1.54) is 0 Å². The fourth-order valence-corrected chi connectivity index (χ4v) is 2.64. The molecule has 5 heteroatoms. The van der Waals surface area contributed by atoms with E-state index in [2.05, 4.69) is 26.3 Å². The summed E-state index contributed by atoms with van der Waals surface area (Å²) in [5, 5.41) is 0.777. The summed E-state index contributed by atoms with van der Waals surface area (Å²) in [5.41, 5.74) is 5.12. The Kier molecular flexibility index (Phi) is 3.68. The Balaban J connectivity index is 2.27. The van der Waals surface area contributed by atoms with Crippen LogP contribution in [0.25, 0.3) is 22.2 Å². The monoisotopic (exact) mass is 341 g/mol. The number of pyridine rings is 1. The smallest absolute Gasteiger partial charge is 0.265 e. The molecular formula is C16H12BrN3O. The van der Waals surface area contributed by atoms with Gasteiger partial charge in [0.25, 0.3) is 5.91 Å². The van der Waals surface area contributed by atoms with E-state index >= 15 is 0 Å². The maximum absolute atomic E-state index is 12.0. The van der Waals surface area contributed by atoms with Gasteiger partial charge in [-0.3, -0.25) is 10.2 Å². The van der Waals surface area contributed by atoms with Gasteiger partial charge in [0.2, 0.25) is 0 Å². The van der Waals surface area contributed by atoms with Crippen LogP contribution in [0.4, 0.5) is 0 Å². The summed E-state index contributed by atoms with van der Waals surface area (Å²) in [7, 11) is 0. The molecule has 0 unspecified atom stereocenters. The standard InChI is InChI=1S/C16H12BrN3O/c17-11-5-3-4-10(8-11)15-9-13(16(21)20-18)12-6-1-2-7-14(12)19-15/h1-9H,18H2,(H,20,21). The third-order valence-corrected chi connectivity index (χ3v) is 3.71. The van der Waals surface area contributed by atoms with Crippen LogP contribution >= 0.6 is 15.9 Å². The average molecular weight is 342 g/mol. The van der Waals surface area contributed by atoms with Crippen molar-refractivity contribution in [3.05, 3.63) is 64.6 Å². The number of hydrazine groups is 1. The third-order valence-electron chi connectivity index (χ3n) is 3.21. The number of nitrogen functional groups attached to an aromatic ring is 1. The molecule has 104 valence electrons. The summed E-state index contributed by atoms with van der Waals surface area (Å²) >= 11 is 3.44. The molecule has 3 rings (SSSR count). The number of halogens is 1. The predicted octanol–water partition coefficient (Wildman–Crippen LogP) is 3.27. The summed E-state index contributed by atoms with van der Waals surface area (Å²) in [6, 6.07) is 17.0. The van der Waals surface area contributed by atoms with E-state index in [0.717, 1.165) is 26.6 Å². The highest BCUT2D eigenvalue weighted by Crippen LogP contribution is 2.26. The van der Waals surface area contributed by atoms with Crippen LogP contribution in [0.15, 0.2) is 59.1 Å². The van der Waals surface area contributed by atoms with Crippen LogP contribution in [-0.2, 0) is 0 Å². The van der Waals surface area contributed by atoms with Gasteiger partial charge in [0.05, 0.1) is 16.8 Å². The molecule has 0 saturated carbocycles. The third kappa shape index (κ3) is 2.66. The predicted molar refractivity (Wildman–Crippen MR) is 86.5 cm³/mol. The molecule has 0 aliphatic heterocycles. The molecule has 0 radical (unpaired) electrons. The number of nitrogens with one attached hydrogen (secondary N) is 1. The number of nitrogens with two attached hydrogens (primary N) is 1. The summed E-state index contributed by atoms with van der Waals surface area (Å²) in [4.78, 5) is 16.6. The summed E-state index contributed by atoms with van der Waals surface area (Å²) in [5.74, 6) is 4.95. The van der Waals surface area contributed by atoms with E-state index in [1.54, 1.807) is 6.07 Å². The zero-order chi connectivity index (χ0) is 14.8. The molecule has 3 aromatic rings. The van der Waals surface area contributed by atoms with E-state index in [4.69, 9.17) is 5.84 Å². The lowest BCUT2D eigenvalue weighted by Gasteiger charge is -2.09. The molecule has 2 aromatic carbocycles. The van der Waals surface area contributed by atoms with Crippen molar-refractivity contribution in [2.45, 2.75) is 0 Å². The van der Waals surface area contributed by atoms with Crippen molar-refractivity contribution < 1.29 is 4.79 Å². The number of carbonyl (C=O) groups excluding carboxylic acids is 1. The second-order valence-corrected chi connectivity index (χ2v) is 5.47. The molecule has 1 heterocycles. The van der Waals surface area contributed by atoms with Crippen molar-refractivity contribution in [1.82, 2.24) is 10.4 Å². The molecule has 1 aromatic heterocycles. The average Bonchev–Trinajstić information content (AvgIpc) is 2.53. The first-order chi connectivity index (χ1) is 10.2. The Hall–Kier alpha value is -2.24. The summed E-state index contributed by atoms with van der Waals surface area (Å²) < 4.78 is 0.958. The molecule has 0 aliphatic carbocycles. The minimum absolute atomic E-state index is 0.329. The van der Waals surface area contributed by atoms with Gasteiger partial charge in [0, 0.05) is 15.4 Å². The number of hydrogen-bond donors (Lipinski definition) is 2. The van der Waals surface area contributed by atoms with Crippen molar-refractivity contribution in [2.75, 3.05) is 0 Å². The fraction of sp³-hybridized carbons (Fsp3) is 0. The van der Waals surface area contributed by atoms with E-state index in [-0.39, 0.29) is 5.91 Å². The number of amides is 1. The van der Waals surface area contributed by atoms with Gasteiger partial charge in [-0.2, -0.15) is 0 Å². The lowest BCUT2D eigenvalue weighted by molar-refractivity contribution is 0.0955. The van der Waals surface area contributed by atoms with E-state index < -0.39 is 0 Å². The van der Waals surface area contributed by atoms with Gasteiger partial charge in [-0.25, -0.2) is 10.8 Å². The van der Waals surface area contributed by atoms with Crippen LogP contribution in [0.1, 0.15) is 10.4 Å². The fourth-order valence-electron chi connectivity index (χ4n) is 2.24. The first-order valence-corrected chi connectivity index (χ1v) is 7.15. The van der Waals surface area contributed by atoms with Gasteiger partial charge in [0.1, 0.15) is 0 Å². The topological polar surface area (TPSA) is 68.0 Å². The number of fused-ring (bicyclic) bond motifs is 1. The van der Waals surface area contributed by atoms with E-state index in [0.29, 0.717) is 5.56 Å². The van der Waals surface area contributed by atoms with Crippen molar-refractivity contribution in [2.24, 2.45) is 5.84 Å². The molecular weight excluding hydrogens is 330 g/mol. The number of nitrogens with zero attached hydrogens (tertiary/aromatic N) is 1. The largest absolute Gasteiger partial charge is 0.290 e. The van der Waals surface area contributed by atoms with Gasteiger partial charge in [0.15, 0.2) is 0 Å². The molecule has 3 N–H and O–H groups in total. The second-order valence-electron chi connectivity index (χ2n) is 4.56.